The normalized spacial score (nSPS) is 16.4. The van der Waals surface area contributed by atoms with Crippen molar-refractivity contribution in [2.45, 2.75) is 0 Å². The van der Waals surface area contributed by atoms with Crippen LogP contribution in [-0.4, -0.2) is 38.4 Å². The minimum atomic E-state index is -0.766. The molecule has 2 rings (SSSR count). The lowest BCUT2D eigenvalue weighted by Crippen LogP contribution is -2.53. The molecule has 8 nitrogen and oxygen atoms in total. The van der Waals surface area contributed by atoms with Crippen molar-refractivity contribution < 1.29 is 19.6 Å². The molecular formula is C14H11N3O5S. The molecule has 0 radical (unpaired) electrons. The van der Waals surface area contributed by atoms with Crippen molar-refractivity contribution in [2.75, 3.05) is 6.54 Å². The first-order valence-corrected chi connectivity index (χ1v) is 6.73. The zero-order valence-corrected chi connectivity index (χ0v) is 12.5. The van der Waals surface area contributed by atoms with Crippen molar-refractivity contribution in [1.29, 1.82) is 0 Å². The van der Waals surface area contributed by atoms with Gasteiger partial charge in [-0.05, 0) is 30.4 Å². The Balaban J connectivity index is 2.53. The lowest BCUT2D eigenvalue weighted by molar-refractivity contribution is -0.385. The lowest BCUT2D eigenvalue weighted by atomic mass is 10.1. The predicted molar refractivity (Wildman–Crippen MR) is 85.4 cm³/mol. The standard InChI is InChI=1S/C14H11N3O5S/c1-2-5-16-13(20)10(12(19)15-14(16)23)7-8-6-9(18)3-4-11(8)17(21)22/h2-4,6-7,18H,1,5H2,(H,15,19,23)/b10-7+. The summed E-state index contributed by atoms with van der Waals surface area (Å²) in [6, 6.07) is 3.32. The summed E-state index contributed by atoms with van der Waals surface area (Å²) in [6.07, 6.45) is 2.48. The lowest BCUT2D eigenvalue weighted by Gasteiger charge is -2.27. The van der Waals surface area contributed by atoms with E-state index in [2.05, 4.69) is 11.9 Å². The summed E-state index contributed by atoms with van der Waals surface area (Å²) < 4.78 is 0. The first-order valence-electron chi connectivity index (χ1n) is 6.32. The molecule has 1 aliphatic rings. The molecule has 0 saturated carbocycles. The first-order chi connectivity index (χ1) is 10.8. The highest BCUT2D eigenvalue weighted by Gasteiger charge is 2.33. The van der Waals surface area contributed by atoms with Crippen LogP contribution in [0.4, 0.5) is 5.69 Å². The number of nitrogens with one attached hydrogen (secondary N) is 1. The molecule has 1 fully saturated rings. The van der Waals surface area contributed by atoms with Gasteiger partial charge in [0.2, 0.25) is 0 Å². The number of thiocarbonyl (C=S) groups is 1. The number of hydrogen-bond donors (Lipinski definition) is 2. The Hall–Kier alpha value is -3.07. The number of carbonyl (C=O) groups excluding carboxylic acids is 2. The third kappa shape index (κ3) is 3.24. The molecule has 1 aromatic rings. The number of hydrogen-bond acceptors (Lipinski definition) is 6. The van der Waals surface area contributed by atoms with Crippen LogP contribution in [0.15, 0.2) is 36.4 Å². The van der Waals surface area contributed by atoms with E-state index in [0.29, 0.717) is 0 Å². The Morgan fingerprint density at radius 3 is 2.74 bits per heavy atom. The first kappa shape index (κ1) is 16.3. The molecule has 1 heterocycles. The quantitative estimate of drug-likeness (QED) is 0.213. The van der Waals surface area contributed by atoms with Gasteiger partial charge in [0, 0.05) is 12.6 Å². The highest BCUT2D eigenvalue weighted by atomic mass is 32.1. The maximum Gasteiger partial charge on any atom is 0.276 e. The van der Waals surface area contributed by atoms with Crippen LogP contribution >= 0.6 is 12.2 Å². The average molecular weight is 333 g/mol. The molecule has 2 amide bonds. The van der Waals surface area contributed by atoms with Crippen LogP contribution in [0.25, 0.3) is 6.08 Å². The maximum atomic E-state index is 12.3. The Bertz CT molecular complexity index is 772. The summed E-state index contributed by atoms with van der Waals surface area (Å²) in [4.78, 5) is 35.7. The third-order valence-corrected chi connectivity index (χ3v) is 3.33. The summed E-state index contributed by atoms with van der Waals surface area (Å²) in [5.74, 6) is -1.70. The van der Waals surface area contributed by atoms with Gasteiger partial charge in [-0.2, -0.15) is 0 Å². The number of amides is 2. The number of benzene rings is 1. The molecule has 0 spiro atoms. The van der Waals surface area contributed by atoms with Crippen molar-refractivity contribution in [1.82, 2.24) is 10.2 Å². The fraction of sp³-hybridized carbons (Fsp3) is 0.0714. The molecule has 1 aliphatic heterocycles. The fourth-order valence-corrected chi connectivity index (χ4v) is 2.22. The van der Waals surface area contributed by atoms with Crippen LogP contribution in [0.5, 0.6) is 5.75 Å². The second kappa shape index (κ2) is 6.36. The zero-order chi connectivity index (χ0) is 17.1. The number of nitro benzene ring substituents is 1. The van der Waals surface area contributed by atoms with Gasteiger partial charge < -0.3 is 5.11 Å². The van der Waals surface area contributed by atoms with E-state index in [-0.39, 0.29) is 34.2 Å². The molecule has 23 heavy (non-hydrogen) atoms. The summed E-state index contributed by atoms with van der Waals surface area (Å²) in [5, 5.41) is 22.8. The number of nitrogens with zero attached hydrogens (tertiary/aromatic N) is 2. The van der Waals surface area contributed by atoms with E-state index in [1.807, 2.05) is 0 Å². The maximum absolute atomic E-state index is 12.3. The highest BCUT2D eigenvalue weighted by molar-refractivity contribution is 7.80. The van der Waals surface area contributed by atoms with Gasteiger partial charge in [-0.3, -0.25) is 29.9 Å². The topological polar surface area (TPSA) is 113 Å². The van der Waals surface area contributed by atoms with Crippen LogP contribution < -0.4 is 5.32 Å². The van der Waals surface area contributed by atoms with Gasteiger partial charge in [0.15, 0.2) is 5.11 Å². The molecule has 118 valence electrons. The van der Waals surface area contributed by atoms with E-state index in [1.165, 1.54) is 6.08 Å². The molecule has 0 aliphatic carbocycles. The Kier molecular flexibility index (Phi) is 4.51. The third-order valence-electron chi connectivity index (χ3n) is 3.01. The largest absolute Gasteiger partial charge is 0.508 e. The monoisotopic (exact) mass is 333 g/mol. The molecule has 0 unspecified atom stereocenters. The van der Waals surface area contributed by atoms with Crippen molar-refractivity contribution in [3.05, 3.63) is 52.1 Å². The van der Waals surface area contributed by atoms with Crippen LogP contribution in [0.2, 0.25) is 0 Å². The molecule has 1 aromatic carbocycles. The van der Waals surface area contributed by atoms with Gasteiger partial charge in [-0.15, -0.1) is 6.58 Å². The highest BCUT2D eigenvalue weighted by Crippen LogP contribution is 2.26. The number of aromatic hydroxyl groups is 1. The number of phenols is 1. The number of carbonyl (C=O) groups is 2. The van der Waals surface area contributed by atoms with Crippen LogP contribution in [0.1, 0.15) is 5.56 Å². The van der Waals surface area contributed by atoms with Gasteiger partial charge in [-0.25, -0.2) is 0 Å². The van der Waals surface area contributed by atoms with Gasteiger partial charge in [-0.1, -0.05) is 6.08 Å². The number of phenolic OH excluding ortho intramolecular Hbond substituents is 1. The van der Waals surface area contributed by atoms with E-state index in [0.717, 1.165) is 29.2 Å². The minimum absolute atomic E-state index is 0.0672. The van der Waals surface area contributed by atoms with Gasteiger partial charge in [0.05, 0.1) is 10.5 Å². The van der Waals surface area contributed by atoms with E-state index in [1.54, 1.807) is 0 Å². The van der Waals surface area contributed by atoms with Crippen LogP contribution in [0.3, 0.4) is 0 Å². The molecule has 0 aromatic heterocycles. The minimum Gasteiger partial charge on any atom is -0.508 e. The molecule has 0 atom stereocenters. The fourth-order valence-electron chi connectivity index (χ4n) is 1.97. The predicted octanol–water partition coefficient (Wildman–Crippen LogP) is 1.11. The van der Waals surface area contributed by atoms with Gasteiger partial charge >= 0.3 is 0 Å². The second-order valence-corrected chi connectivity index (χ2v) is 4.91. The molecule has 9 heteroatoms. The smallest absolute Gasteiger partial charge is 0.276 e. The second-order valence-electron chi connectivity index (χ2n) is 4.52. The van der Waals surface area contributed by atoms with E-state index in [9.17, 15) is 24.8 Å². The Morgan fingerprint density at radius 2 is 2.13 bits per heavy atom. The van der Waals surface area contributed by atoms with E-state index >= 15 is 0 Å². The average Bonchev–Trinajstić information content (AvgIpc) is 2.47. The summed E-state index contributed by atoms with van der Waals surface area (Å²) in [5.41, 5.74) is -0.742. The number of nitro groups is 1. The van der Waals surface area contributed by atoms with Crippen molar-refractivity contribution in [3.8, 4) is 5.75 Å². The van der Waals surface area contributed by atoms with E-state index in [4.69, 9.17) is 12.2 Å². The van der Waals surface area contributed by atoms with Gasteiger partial charge in [0.1, 0.15) is 11.3 Å². The van der Waals surface area contributed by atoms with Crippen molar-refractivity contribution in [2.24, 2.45) is 0 Å². The SMILES string of the molecule is C=CCN1C(=O)/C(=C/c2cc(O)ccc2[N+](=O)[O-])C(=O)NC1=S. The van der Waals surface area contributed by atoms with Crippen molar-refractivity contribution in [3.63, 3.8) is 0 Å². The van der Waals surface area contributed by atoms with Crippen LogP contribution in [-0.2, 0) is 9.59 Å². The molecular weight excluding hydrogens is 322 g/mol. The Morgan fingerprint density at radius 1 is 1.43 bits per heavy atom. The zero-order valence-electron chi connectivity index (χ0n) is 11.7. The van der Waals surface area contributed by atoms with Crippen LogP contribution in [0, 0.1) is 10.1 Å². The molecule has 0 bridgehead atoms. The molecule has 2 N–H and O–H groups in total. The van der Waals surface area contributed by atoms with E-state index < -0.39 is 16.7 Å². The van der Waals surface area contributed by atoms with Gasteiger partial charge in [0.25, 0.3) is 17.5 Å². The summed E-state index contributed by atoms with van der Waals surface area (Å²) in [6.45, 7) is 3.57. The Labute approximate surface area is 135 Å². The molecule has 1 saturated heterocycles. The summed E-state index contributed by atoms with van der Waals surface area (Å²) >= 11 is 4.90. The number of rotatable bonds is 4. The summed E-state index contributed by atoms with van der Waals surface area (Å²) in [7, 11) is 0. The van der Waals surface area contributed by atoms with Crippen molar-refractivity contribution >= 4 is 40.9 Å².